The Balaban J connectivity index is 3.82. The predicted octanol–water partition coefficient (Wildman–Crippen LogP) is -2.77. The molecule has 0 aromatic heterocycles. The number of ether oxygens (including phenoxy) is 1. The maximum absolute atomic E-state index is 14.5. The molecule has 1 saturated heterocycles. The summed E-state index contributed by atoms with van der Waals surface area (Å²) in [5, 5.41) is 51.5. The first-order chi connectivity index (χ1) is 37.6. The van der Waals surface area contributed by atoms with E-state index < -0.39 is 151 Å². The number of guanidine groups is 1. The molecule has 0 aliphatic carbocycles. The average Bonchev–Trinajstić information content (AvgIpc) is 3.37. The third-order valence-electron chi connectivity index (χ3n) is 12.9. The van der Waals surface area contributed by atoms with E-state index in [1.165, 1.54) is 39.2 Å². The molecule has 0 aromatic rings. The average molecular weight is 1140 g/mol. The van der Waals surface area contributed by atoms with E-state index in [0.717, 1.165) is 57.9 Å². The Labute approximate surface area is 468 Å². The fourth-order valence-corrected chi connectivity index (χ4v) is 8.41. The van der Waals surface area contributed by atoms with Gasteiger partial charge in [0.2, 0.25) is 53.2 Å². The fraction of sp³-hybridized carbons (Fsp3) is 0.731. The van der Waals surface area contributed by atoms with E-state index in [-0.39, 0.29) is 50.5 Å². The standard InChI is InChI=1S/C52H91N13O15/c1-9-11-12-13-14-15-16-17-18-20-33(68)26-39(70)59-34(10-2)47(75)64-43-32(7)80-51(79)36(21-19-24-56-52(54)55)61-50(78)44(31(6)67)65(8)41(72)28-58-45(73)35(22-23-38(53)69)60-40(71)27-57-46(74)37(25-29(3)4)62-48(76)42(30(5)66)63-49(43)77/h10,29-33,35-37,42-44,66-68H,9,11-28H2,1-8H3,(H2,53,69)(H,57,74)(H,58,73)(H,59,70)(H,60,71)(H,61,78)(H,62,76)(H,63,77)(H,64,75)(H4,54,55,56)/b34-10-/t30-,31+,32-,33-,35+,36-,37+,42-,43-,44+/m1/s1. The number of carbonyl (C=O) groups excluding carboxylic acids is 11. The second kappa shape index (κ2) is 37.8. The van der Waals surface area contributed by atoms with E-state index in [1.54, 1.807) is 13.8 Å². The lowest BCUT2D eigenvalue weighted by atomic mass is 10.0. The number of hydrogen-bond acceptors (Lipinski definition) is 16. The van der Waals surface area contributed by atoms with E-state index in [4.69, 9.17) is 21.9 Å². The monoisotopic (exact) mass is 1140 g/mol. The minimum atomic E-state index is -1.97. The number of aliphatic imine (C=N–C) groups is 1. The molecule has 454 valence electrons. The van der Waals surface area contributed by atoms with Gasteiger partial charge in [0.15, 0.2) is 5.96 Å². The smallest absolute Gasteiger partial charge is 0.328 e. The van der Waals surface area contributed by atoms with Crippen molar-refractivity contribution in [3.63, 3.8) is 0 Å². The van der Waals surface area contributed by atoms with Crippen molar-refractivity contribution in [3.8, 4) is 0 Å². The Kier molecular flexibility index (Phi) is 33.6. The maximum atomic E-state index is 14.5. The number of unbranched alkanes of at least 4 members (excludes halogenated alkanes) is 8. The van der Waals surface area contributed by atoms with Crippen molar-refractivity contribution in [3.05, 3.63) is 11.8 Å². The van der Waals surface area contributed by atoms with Crippen LogP contribution in [0.3, 0.4) is 0 Å². The summed E-state index contributed by atoms with van der Waals surface area (Å²) in [5.74, 6) is -11.8. The maximum Gasteiger partial charge on any atom is 0.328 e. The lowest BCUT2D eigenvalue weighted by Crippen LogP contribution is -2.62. The highest BCUT2D eigenvalue weighted by Crippen LogP contribution is 2.15. The first-order valence-electron chi connectivity index (χ1n) is 27.5. The molecule has 1 aliphatic heterocycles. The van der Waals surface area contributed by atoms with E-state index in [0.29, 0.717) is 12.8 Å². The van der Waals surface area contributed by atoms with Crippen LogP contribution in [0.5, 0.6) is 0 Å². The van der Waals surface area contributed by atoms with Crippen LogP contribution in [-0.4, -0.2) is 179 Å². The molecule has 0 saturated carbocycles. The zero-order chi connectivity index (χ0) is 60.6. The van der Waals surface area contributed by atoms with Crippen molar-refractivity contribution in [2.24, 2.45) is 28.1 Å². The molecule has 0 bridgehead atoms. The number of amides is 10. The van der Waals surface area contributed by atoms with Gasteiger partial charge >= 0.3 is 5.97 Å². The molecule has 1 aliphatic rings. The lowest BCUT2D eigenvalue weighted by molar-refractivity contribution is -0.157. The highest BCUT2D eigenvalue weighted by Gasteiger charge is 2.39. The number of allylic oxidation sites excluding steroid dienone is 1. The quantitative estimate of drug-likeness (QED) is 0.0137. The van der Waals surface area contributed by atoms with Crippen LogP contribution >= 0.6 is 0 Å². The van der Waals surface area contributed by atoms with Gasteiger partial charge in [-0.05, 0) is 65.7 Å². The Bertz CT molecular complexity index is 2140. The summed E-state index contributed by atoms with van der Waals surface area (Å²) in [6.45, 7) is 8.74. The SMILES string of the molecule is C/C=C(\NC(=O)C[C@H](O)CCCCCCCCCCC)C(=O)N[C@H]1C(=O)N[C@H]([C@@H](C)O)C(=O)N[C@@H](CC(C)C)C(=O)NCC(=O)N[C@@H](CCC(N)=O)C(=O)NCC(=O)N(C)[C@@H]([C@H](C)O)C(=O)N[C@H](CCCN=C(N)N)C(=O)O[C@@H]1C. The summed E-state index contributed by atoms with van der Waals surface area (Å²) in [4.78, 5) is 154. The number of nitrogens with one attached hydrogen (secondary N) is 8. The van der Waals surface area contributed by atoms with Gasteiger partial charge in [-0.15, -0.1) is 0 Å². The van der Waals surface area contributed by atoms with Crippen molar-refractivity contribution >= 4 is 71.0 Å². The fourth-order valence-electron chi connectivity index (χ4n) is 8.41. The van der Waals surface area contributed by atoms with Gasteiger partial charge in [0.1, 0.15) is 48.1 Å². The highest BCUT2D eigenvalue weighted by molar-refractivity contribution is 6.01. The van der Waals surface area contributed by atoms with Crippen LogP contribution in [0, 0.1) is 5.92 Å². The van der Waals surface area contributed by atoms with Crippen molar-refractivity contribution in [1.82, 2.24) is 47.4 Å². The normalized spacial score (nSPS) is 23.0. The van der Waals surface area contributed by atoms with Gasteiger partial charge in [-0.3, -0.25) is 52.9 Å². The molecule has 17 N–H and O–H groups in total. The molecule has 0 radical (unpaired) electrons. The molecule has 10 amide bonds. The van der Waals surface area contributed by atoms with Crippen LogP contribution in [0.15, 0.2) is 16.8 Å². The van der Waals surface area contributed by atoms with Gasteiger partial charge < -0.3 is 84.7 Å². The number of likely N-dealkylation sites (N-methyl/N-ethyl adjacent to an activating group) is 1. The number of carbonyl (C=O) groups is 11. The van der Waals surface area contributed by atoms with Gasteiger partial charge in [-0.2, -0.15) is 0 Å². The molecule has 80 heavy (non-hydrogen) atoms. The van der Waals surface area contributed by atoms with E-state index in [1.807, 2.05) is 0 Å². The van der Waals surface area contributed by atoms with Gasteiger partial charge in [-0.1, -0.05) is 84.6 Å². The molecule has 1 heterocycles. The zero-order valence-corrected chi connectivity index (χ0v) is 47.7. The van der Waals surface area contributed by atoms with Crippen LogP contribution in [0.4, 0.5) is 0 Å². The summed E-state index contributed by atoms with van der Waals surface area (Å²) < 4.78 is 5.74. The Morgan fingerprint density at radius 1 is 0.738 bits per heavy atom. The molecule has 1 fully saturated rings. The first kappa shape index (κ1) is 71.1. The molecular formula is C52H91N13O15. The number of aliphatic hydroxyl groups is 3. The molecule has 28 nitrogen and oxygen atoms in total. The number of cyclic esters (lactones) is 1. The summed E-state index contributed by atoms with van der Waals surface area (Å²) in [6.07, 6.45) is 3.42. The Hall–Kier alpha value is -6.94. The number of primary amides is 1. The predicted molar refractivity (Wildman–Crippen MR) is 293 cm³/mol. The van der Waals surface area contributed by atoms with Gasteiger partial charge in [0, 0.05) is 20.0 Å². The zero-order valence-electron chi connectivity index (χ0n) is 47.7. The minimum absolute atomic E-state index is 0.000166. The second-order valence-corrected chi connectivity index (χ2v) is 20.5. The van der Waals surface area contributed by atoms with Crippen molar-refractivity contribution in [2.75, 3.05) is 26.7 Å². The number of hydrogen-bond donors (Lipinski definition) is 14. The number of nitrogens with zero attached hydrogens (tertiary/aromatic N) is 2. The van der Waals surface area contributed by atoms with Crippen LogP contribution in [-0.2, 0) is 57.5 Å². The molecule has 28 heteroatoms. The summed E-state index contributed by atoms with van der Waals surface area (Å²) >= 11 is 0. The van der Waals surface area contributed by atoms with Gasteiger partial charge in [-0.25, -0.2) is 4.79 Å². The molecule has 10 atom stereocenters. The van der Waals surface area contributed by atoms with Crippen molar-refractivity contribution in [1.29, 1.82) is 0 Å². The number of esters is 1. The molecule has 1 rings (SSSR count). The highest BCUT2D eigenvalue weighted by atomic mass is 16.5. The molecule has 0 unspecified atom stereocenters. The molecule has 0 spiro atoms. The van der Waals surface area contributed by atoms with Crippen LogP contribution < -0.4 is 59.7 Å². The number of rotatable bonds is 26. The Morgan fingerprint density at radius 2 is 1.32 bits per heavy atom. The number of nitrogens with two attached hydrogens (primary N) is 3. The van der Waals surface area contributed by atoms with Crippen molar-refractivity contribution < 1.29 is 72.8 Å². The van der Waals surface area contributed by atoms with Crippen LogP contribution in [0.25, 0.3) is 0 Å². The molecular weight excluding hydrogens is 1050 g/mol. The summed E-state index contributed by atoms with van der Waals surface area (Å²) in [5.41, 5.74) is 15.9. The lowest BCUT2D eigenvalue weighted by Gasteiger charge is -2.32. The van der Waals surface area contributed by atoms with Gasteiger partial charge in [0.05, 0.1) is 37.8 Å². The minimum Gasteiger partial charge on any atom is -0.458 e. The molecule has 0 aromatic carbocycles. The first-order valence-corrected chi connectivity index (χ1v) is 27.5. The topological polar surface area (TPSA) is 448 Å². The summed E-state index contributed by atoms with van der Waals surface area (Å²) in [7, 11) is 1.11. The van der Waals surface area contributed by atoms with E-state index in [2.05, 4.69) is 54.5 Å². The third kappa shape index (κ3) is 27.8. The second-order valence-electron chi connectivity index (χ2n) is 20.5. The summed E-state index contributed by atoms with van der Waals surface area (Å²) in [6, 6.07) is -10.2. The van der Waals surface area contributed by atoms with Crippen molar-refractivity contribution in [2.45, 2.75) is 212 Å². The van der Waals surface area contributed by atoms with Crippen LogP contribution in [0.1, 0.15) is 151 Å². The Morgan fingerprint density at radius 3 is 1.89 bits per heavy atom. The van der Waals surface area contributed by atoms with Crippen LogP contribution in [0.2, 0.25) is 0 Å². The largest absolute Gasteiger partial charge is 0.458 e. The van der Waals surface area contributed by atoms with E-state index >= 15 is 0 Å². The van der Waals surface area contributed by atoms with Gasteiger partial charge in [0.25, 0.3) is 5.91 Å². The number of aliphatic hydroxyl groups excluding tert-OH is 3. The third-order valence-corrected chi connectivity index (χ3v) is 12.9. The van der Waals surface area contributed by atoms with E-state index in [9.17, 15) is 68.1 Å².